The van der Waals surface area contributed by atoms with Crippen molar-refractivity contribution in [3.05, 3.63) is 36.0 Å². The first-order chi connectivity index (χ1) is 7.83. The van der Waals surface area contributed by atoms with Gasteiger partial charge in [-0.3, -0.25) is 4.79 Å². The molecule has 0 saturated carbocycles. The van der Waals surface area contributed by atoms with E-state index in [1.54, 1.807) is 0 Å². The quantitative estimate of drug-likeness (QED) is 0.716. The van der Waals surface area contributed by atoms with Gasteiger partial charge in [0.25, 0.3) is 0 Å². The van der Waals surface area contributed by atoms with Gasteiger partial charge in [-0.2, -0.15) is 0 Å². The van der Waals surface area contributed by atoms with Crippen LogP contribution in [0.4, 0.5) is 0 Å². The smallest absolute Gasteiger partial charge is 0.207 e. The van der Waals surface area contributed by atoms with Crippen LogP contribution in [0.25, 0.3) is 0 Å². The highest BCUT2D eigenvalue weighted by Gasteiger charge is 2.18. The van der Waals surface area contributed by atoms with Gasteiger partial charge in [0.2, 0.25) is 6.41 Å². The Hall–Kier alpha value is -1.35. The Morgan fingerprint density at radius 2 is 2.19 bits per heavy atom. The van der Waals surface area contributed by atoms with Crippen molar-refractivity contribution in [2.24, 2.45) is 0 Å². The van der Waals surface area contributed by atoms with Gasteiger partial charge >= 0.3 is 0 Å². The summed E-state index contributed by atoms with van der Waals surface area (Å²) in [4.78, 5) is 10.4. The van der Waals surface area contributed by atoms with E-state index in [1.165, 1.54) is 11.1 Å². The molecule has 0 aromatic heterocycles. The van der Waals surface area contributed by atoms with Crippen LogP contribution in [0.1, 0.15) is 26.2 Å². The van der Waals surface area contributed by atoms with Gasteiger partial charge in [0.05, 0.1) is 6.04 Å². The van der Waals surface area contributed by atoms with Crippen LogP contribution in [0.2, 0.25) is 0 Å². The van der Waals surface area contributed by atoms with Crippen molar-refractivity contribution >= 4 is 6.41 Å². The Labute approximate surface area is 97.6 Å². The molecule has 0 heterocycles. The molecule has 3 heteroatoms. The highest BCUT2D eigenvalue weighted by atomic mass is 16.2. The molecule has 16 heavy (non-hydrogen) atoms. The van der Waals surface area contributed by atoms with E-state index in [0.29, 0.717) is 0 Å². The van der Waals surface area contributed by atoms with E-state index in [1.807, 2.05) is 19.1 Å². The van der Waals surface area contributed by atoms with Crippen molar-refractivity contribution in [1.29, 1.82) is 0 Å². The number of hydrogen-bond acceptors (Lipinski definition) is 2. The zero-order valence-corrected chi connectivity index (χ0v) is 10.1. The largest absolute Gasteiger partial charge is 0.400 e. The number of amides is 1. The summed E-state index contributed by atoms with van der Waals surface area (Å²) >= 11 is 0. The number of aliphatic hydroxyl groups is 1. The predicted octanol–water partition coefficient (Wildman–Crippen LogP) is 1.95. The zero-order valence-electron chi connectivity index (χ0n) is 10.1. The molecular weight excluding hydrogens is 202 g/mol. The maximum absolute atomic E-state index is 10.4. The maximum Gasteiger partial charge on any atom is 0.207 e. The van der Waals surface area contributed by atoms with Gasteiger partial charge in [-0.15, -0.1) is 0 Å². The van der Waals surface area contributed by atoms with E-state index < -0.39 is 0 Å². The molecule has 0 fully saturated rings. The lowest BCUT2D eigenvalue weighted by Crippen LogP contribution is -2.31. The third-order valence-corrected chi connectivity index (χ3v) is 2.55. The topological polar surface area (TPSA) is 49.3 Å². The lowest BCUT2D eigenvalue weighted by Gasteiger charge is -2.25. The molecule has 1 atom stereocenters. The Morgan fingerprint density at radius 3 is 2.69 bits per heavy atom. The molecule has 90 valence electrons. The summed E-state index contributed by atoms with van der Waals surface area (Å²) in [6, 6.07) is 0.172. The lowest BCUT2D eigenvalue weighted by molar-refractivity contribution is -0.110. The van der Waals surface area contributed by atoms with Crippen molar-refractivity contribution in [2.75, 3.05) is 7.11 Å². The van der Waals surface area contributed by atoms with E-state index in [-0.39, 0.29) is 6.04 Å². The second-order valence-electron chi connectivity index (χ2n) is 3.41. The summed E-state index contributed by atoms with van der Waals surface area (Å²) in [5, 5.41) is 9.85. The summed E-state index contributed by atoms with van der Waals surface area (Å²) in [7, 11) is 1.00. The monoisotopic (exact) mass is 223 g/mol. The van der Waals surface area contributed by atoms with Crippen molar-refractivity contribution < 1.29 is 9.90 Å². The summed E-state index contributed by atoms with van der Waals surface area (Å²) in [6.07, 6.45) is 9.96. The standard InChI is InChI=1S/C12H17NO.CH4O/c1-3-6-11-10(4-2)7-5-8-12(11)13-9-14;1-2/h3-4,6,9,12H,2,5,7-8H2,1H3,(H,13,14);2H,1H3/b6-3-;. The fourth-order valence-electron chi connectivity index (χ4n) is 1.90. The average Bonchev–Trinajstić information content (AvgIpc) is 2.34. The van der Waals surface area contributed by atoms with E-state index in [0.717, 1.165) is 32.8 Å². The molecule has 0 aliphatic heterocycles. The number of carbonyl (C=O) groups is 1. The number of nitrogens with one attached hydrogen (secondary N) is 1. The van der Waals surface area contributed by atoms with Gasteiger partial charge in [0.1, 0.15) is 0 Å². The zero-order chi connectivity index (χ0) is 12.4. The Morgan fingerprint density at radius 1 is 1.50 bits per heavy atom. The Bertz CT molecular complexity index is 280. The summed E-state index contributed by atoms with van der Waals surface area (Å²) in [5.41, 5.74) is 2.47. The molecule has 0 bridgehead atoms. The first-order valence-corrected chi connectivity index (χ1v) is 5.46. The highest BCUT2D eigenvalue weighted by Crippen LogP contribution is 2.26. The lowest BCUT2D eigenvalue weighted by atomic mass is 9.87. The van der Waals surface area contributed by atoms with Gasteiger partial charge in [-0.05, 0) is 37.3 Å². The number of hydrogen-bond donors (Lipinski definition) is 2. The van der Waals surface area contributed by atoms with Crippen molar-refractivity contribution in [2.45, 2.75) is 32.2 Å². The van der Waals surface area contributed by atoms with Gasteiger partial charge < -0.3 is 10.4 Å². The minimum atomic E-state index is 0.172. The van der Waals surface area contributed by atoms with E-state index in [4.69, 9.17) is 5.11 Å². The molecule has 1 aliphatic rings. The molecule has 1 unspecified atom stereocenters. The van der Waals surface area contributed by atoms with Crippen LogP contribution < -0.4 is 5.32 Å². The number of aliphatic hydroxyl groups excluding tert-OH is 1. The van der Waals surface area contributed by atoms with Crippen LogP contribution in [0.15, 0.2) is 36.0 Å². The SMILES string of the molecule is C=CC1=C(/C=C\C)C(NC=O)CCC1.CO. The van der Waals surface area contributed by atoms with Crippen LogP contribution in [-0.4, -0.2) is 24.7 Å². The normalized spacial score (nSPS) is 20.1. The third kappa shape index (κ3) is 4.03. The van der Waals surface area contributed by atoms with E-state index in [9.17, 15) is 4.79 Å². The minimum Gasteiger partial charge on any atom is -0.400 e. The molecule has 1 rings (SSSR count). The van der Waals surface area contributed by atoms with Gasteiger partial charge in [0, 0.05) is 7.11 Å². The van der Waals surface area contributed by atoms with Crippen LogP contribution >= 0.6 is 0 Å². The first kappa shape index (κ1) is 14.6. The Kier molecular flexibility index (Phi) is 8.17. The van der Waals surface area contributed by atoms with Crippen LogP contribution in [-0.2, 0) is 4.79 Å². The summed E-state index contributed by atoms with van der Waals surface area (Å²) < 4.78 is 0. The predicted molar refractivity (Wildman–Crippen MR) is 67.0 cm³/mol. The minimum absolute atomic E-state index is 0.172. The summed E-state index contributed by atoms with van der Waals surface area (Å²) in [6.45, 7) is 5.79. The molecule has 1 amide bonds. The summed E-state index contributed by atoms with van der Waals surface area (Å²) in [5.74, 6) is 0. The van der Waals surface area contributed by atoms with E-state index >= 15 is 0 Å². The molecule has 2 N–H and O–H groups in total. The molecule has 0 spiro atoms. The molecule has 3 nitrogen and oxygen atoms in total. The molecule has 0 radical (unpaired) electrons. The molecule has 0 aromatic rings. The van der Waals surface area contributed by atoms with Gasteiger partial charge in [0.15, 0.2) is 0 Å². The molecule has 0 saturated heterocycles. The van der Waals surface area contributed by atoms with Crippen molar-refractivity contribution in [3.63, 3.8) is 0 Å². The van der Waals surface area contributed by atoms with Crippen molar-refractivity contribution in [3.8, 4) is 0 Å². The van der Waals surface area contributed by atoms with Crippen LogP contribution in [0, 0.1) is 0 Å². The number of rotatable bonds is 4. The molecular formula is C13H21NO2. The maximum atomic E-state index is 10.4. The second kappa shape index (κ2) is 8.92. The Balaban J connectivity index is 0.00000106. The fraction of sp³-hybridized carbons (Fsp3) is 0.462. The molecule has 1 aliphatic carbocycles. The van der Waals surface area contributed by atoms with Gasteiger partial charge in [-0.1, -0.05) is 24.8 Å². The number of carbonyl (C=O) groups excluding carboxylic acids is 1. The van der Waals surface area contributed by atoms with Gasteiger partial charge in [-0.25, -0.2) is 0 Å². The highest BCUT2D eigenvalue weighted by molar-refractivity contribution is 5.50. The third-order valence-electron chi connectivity index (χ3n) is 2.55. The first-order valence-electron chi connectivity index (χ1n) is 5.46. The average molecular weight is 223 g/mol. The molecule has 0 aromatic carbocycles. The number of allylic oxidation sites excluding steroid dienone is 3. The van der Waals surface area contributed by atoms with Crippen molar-refractivity contribution in [1.82, 2.24) is 5.32 Å². The van der Waals surface area contributed by atoms with Crippen LogP contribution in [0.5, 0.6) is 0 Å². The fourth-order valence-corrected chi connectivity index (χ4v) is 1.90. The van der Waals surface area contributed by atoms with Crippen LogP contribution in [0.3, 0.4) is 0 Å². The van der Waals surface area contributed by atoms with E-state index in [2.05, 4.69) is 18.0 Å². The second-order valence-corrected chi connectivity index (χ2v) is 3.41.